The van der Waals surface area contributed by atoms with E-state index in [1.54, 1.807) is 18.4 Å². The third kappa shape index (κ3) is 5.53. The molecule has 1 atom stereocenters. The molecule has 0 spiro atoms. The van der Waals surface area contributed by atoms with Gasteiger partial charge in [-0.05, 0) is 55.8 Å². The minimum Gasteiger partial charge on any atom is -0.497 e. The summed E-state index contributed by atoms with van der Waals surface area (Å²) in [5.41, 5.74) is 0.264. The van der Waals surface area contributed by atoms with Crippen LogP contribution in [0.1, 0.15) is 37.1 Å². The lowest BCUT2D eigenvalue weighted by Gasteiger charge is -2.38. The molecule has 1 unspecified atom stereocenters. The molecule has 3 N–H and O–H groups in total. The molecule has 30 heavy (non-hydrogen) atoms. The van der Waals surface area contributed by atoms with Crippen LogP contribution >= 0.6 is 11.3 Å². The van der Waals surface area contributed by atoms with Crippen LogP contribution in [0, 0.1) is 0 Å². The molecule has 1 aromatic carbocycles. The molecule has 1 aliphatic rings. The van der Waals surface area contributed by atoms with Crippen molar-refractivity contribution in [2.75, 3.05) is 40.0 Å². The number of ether oxygens (including phenoxy) is 2. The van der Waals surface area contributed by atoms with Crippen molar-refractivity contribution in [2.24, 2.45) is 4.99 Å². The Balaban J connectivity index is 1.74. The molecule has 1 aromatic heterocycles. The number of aliphatic hydroxyl groups is 1. The van der Waals surface area contributed by atoms with Crippen LogP contribution in [0.4, 0.5) is 0 Å². The van der Waals surface area contributed by atoms with Crippen LogP contribution in [0.2, 0.25) is 0 Å². The Morgan fingerprint density at radius 2 is 1.97 bits per heavy atom. The zero-order chi connectivity index (χ0) is 21.5. The van der Waals surface area contributed by atoms with E-state index in [0.29, 0.717) is 12.5 Å². The van der Waals surface area contributed by atoms with Crippen molar-refractivity contribution in [3.05, 3.63) is 52.2 Å². The quantitative estimate of drug-likeness (QED) is 0.442. The lowest BCUT2D eigenvalue weighted by atomic mass is 9.74. The summed E-state index contributed by atoms with van der Waals surface area (Å²) in [7, 11) is 1.69. The van der Waals surface area contributed by atoms with Gasteiger partial charge in [-0.1, -0.05) is 18.2 Å². The average Bonchev–Trinajstić information content (AvgIpc) is 3.32. The highest BCUT2D eigenvalue weighted by molar-refractivity contribution is 7.10. The maximum absolute atomic E-state index is 10.8. The summed E-state index contributed by atoms with van der Waals surface area (Å²) < 4.78 is 11.0. The fraction of sp³-hybridized carbons (Fsp3) is 0.522. The molecule has 1 saturated heterocycles. The number of nitrogens with one attached hydrogen (secondary N) is 2. The summed E-state index contributed by atoms with van der Waals surface area (Å²) >= 11 is 1.55. The second kappa shape index (κ2) is 10.3. The summed E-state index contributed by atoms with van der Waals surface area (Å²) in [5.74, 6) is 1.58. The Kier molecular flexibility index (Phi) is 7.75. The molecule has 0 radical (unpaired) electrons. The second-order valence-corrected chi connectivity index (χ2v) is 8.87. The Labute approximate surface area is 183 Å². The van der Waals surface area contributed by atoms with Gasteiger partial charge in [0.1, 0.15) is 11.4 Å². The van der Waals surface area contributed by atoms with Crippen molar-refractivity contribution in [2.45, 2.75) is 37.7 Å². The van der Waals surface area contributed by atoms with Crippen LogP contribution in [0.3, 0.4) is 0 Å². The highest BCUT2D eigenvalue weighted by Crippen LogP contribution is 2.35. The van der Waals surface area contributed by atoms with E-state index in [0.717, 1.165) is 49.8 Å². The molecule has 2 aromatic rings. The number of hydrogen-bond acceptors (Lipinski definition) is 5. The van der Waals surface area contributed by atoms with Gasteiger partial charge < -0.3 is 25.2 Å². The maximum atomic E-state index is 10.8. The molecule has 1 fully saturated rings. The van der Waals surface area contributed by atoms with Gasteiger partial charge in [0.25, 0.3) is 0 Å². The van der Waals surface area contributed by atoms with E-state index in [2.05, 4.69) is 27.8 Å². The summed E-state index contributed by atoms with van der Waals surface area (Å²) in [6.45, 7) is 7.14. The molecule has 0 bridgehead atoms. The van der Waals surface area contributed by atoms with Gasteiger partial charge in [-0.2, -0.15) is 0 Å². The first-order valence-corrected chi connectivity index (χ1v) is 11.4. The molecule has 7 heteroatoms. The minimum atomic E-state index is -0.983. The maximum Gasteiger partial charge on any atom is 0.191 e. The molecular weight excluding hydrogens is 398 g/mol. The number of aliphatic imine (C=N–C) groups is 1. The fourth-order valence-electron chi connectivity index (χ4n) is 3.76. The Morgan fingerprint density at radius 3 is 2.57 bits per heavy atom. The van der Waals surface area contributed by atoms with E-state index < -0.39 is 5.60 Å². The van der Waals surface area contributed by atoms with E-state index in [9.17, 15) is 5.11 Å². The van der Waals surface area contributed by atoms with E-state index in [1.165, 1.54) is 5.56 Å². The number of thiophene rings is 1. The summed E-state index contributed by atoms with van der Waals surface area (Å²) in [4.78, 5) is 5.60. The zero-order valence-corrected chi connectivity index (χ0v) is 18.9. The monoisotopic (exact) mass is 431 g/mol. The lowest BCUT2D eigenvalue weighted by Crippen LogP contribution is -2.48. The first-order chi connectivity index (χ1) is 14.5. The Morgan fingerprint density at radius 1 is 1.23 bits per heavy atom. The average molecular weight is 432 g/mol. The van der Waals surface area contributed by atoms with E-state index in [-0.39, 0.29) is 5.41 Å². The normalized spacial score (nSPS) is 18.5. The Hall–Kier alpha value is -2.09. The summed E-state index contributed by atoms with van der Waals surface area (Å²) in [6, 6.07) is 12.2. The molecule has 3 rings (SSSR count). The van der Waals surface area contributed by atoms with Crippen LogP contribution in [-0.4, -0.2) is 51.0 Å². The van der Waals surface area contributed by atoms with Crippen molar-refractivity contribution in [3.63, 3.8) is 0 Å². The molecule has 164 valence electrons. The van der Waals surface area contributed by atoms with Gasteiger partial charge in [-0.15, -0.1) is 11.3 Å². The topological polar surface area (TPSA) is 75.1 Å². The second-order valence-electron chi connectivity index (χ2n) is 7.92. The fourth-order valence-corrected chi connectivity index (χ4v) is 4.54. The minimum absolute atomic E-state index is 0.0308. The Bertz CT molecular complexity index is 798. The summed E-state index contributed by atoms with van der Waals surface area (Å²) in [6.07, 6.45) is 1.89. The van der Waals surface area contributed by atoms with Gasteiger partial charge in [0.05, 0.1) is 13.7 Å². The first kappa shape index (κ1) is 22.6. The van der Waals surface area contributed by atoms with Crippen molar-refractivity contribution < 1.29 is 14.6 Å². The highest BCUT2D eigenvalue weighted by Gasteiger charge is 2.35. The van der Waals surface area contributed by atoms with E-state index >= 15 is 0 Å². The number of nitrogens with zero attached hydrogens (tertiary/aromatic N) is 1. The molecule has 2 heterocycles. The number of rotatable bonds is 8. The van der Waals surface area contributed by atoms with Gasteiger partial charge in [0.2, 0.25) is 0 Å². The third-order valence-electron chi connectivity index (χ3n) is 5.69. The van der Waals surface area contributed by atoms with Crippen molar-refractivity contribution in [3.8, 4) is 5.75 Å². The molecule has 1 aliphatic heterocycles. The van der Waals surface area contributed by atoms with Crippen LogP contribution in [0.25, 0.3) is 0 Å². The number of methoxy groups -OCH3 is 1. The van der Waals surface area contributed by atoms with Crippen LogP contribution in [0.15, 0.2) is 46.8 Å². The highest BCUT2D eigenvalue weighted by atomic mass is 32.1. The smallest absolute Gasteiger partial charge is 0.191 e. The largest absolute Gasteiger partial charge is 0.497 e. The molecule has 0 aliphatic carbocycles. The van der Waals surface area contributed by atoms with Crippen molar-refractivity contribution >= 4 is 17.3 Å². The van der Waals surface area contributed by atoms with Gasteiger partial charge >= 0.3 is 0 Å². The molecule has 0 amide bonds. The van der Waals surface area contributed by atoms with Gasteiger partial charge in [-0.3, -0.25) is 0 Å². The van der Waals surface area contributed by atoms with E-state index in [4.69, 9.17) is 9.47 Å². The SMILES string of the molecule is CCNC(=NCC(C)(O)c1cccs1)NCC1(c2ccc(OC)cc2)CCOCC1. The van der Waals surface area contributed by atoms with Crippen LogP contribution in [0.5, 0.6) is 5.75 Å². The zero-order valence-electron chi connectivity index (χ0n) is 18.1. The van der Waals surface area contributed by atoms with E-state index in [1.807, 2.05) is 43.5 Å². The summed E-state index contributed by atoms with van der Waals surface area (Å²) in [5, 5.41) is 19.6. The van der Waals surface area contributed by atoms with Gasteiger partial charge in [-0.25, -0.2) is 4.99 Å². The standard InChI is InChI=1S/C23H33N3O3S/c1-4-24-21(25-16-22(2,27)20-6-5-15-30-20)26-17-23(11-13-29-14-12-23)18-7-9-19(28-3)10-8-18/h5-10,15,27H,4,11-14,16-17H2,1-3H3,(H2,24,25,26). The predicted octanol–water partition coefficient (Wildman–Crippen LogP) is 3.27. The number of guanidine groups is 1. The number of hydrogen-bond donors (Lipinski definition) is 3. The number of benzene rings is 1. The van der Waals surface area contributed by atoms with Crippen LogP contribution in [-0.2, 0) is 15.8 Å². The lowest BCUT2D eigenvalue weighted by molar-refractivity contribution is 0.0513. The first-order valence-electron chi connectivity index (χ1n) is 10.5. The third-order valence-corrected chi connectivity index (χ3v) is 6.81. The van der Waals surface area contributed by atoms with Gasteiger partial charge in [0, 0.05) is 36.6 Å². The molecular formula is C23H33N3O3S. The van der Waals surface area contributed by atoms with Crippen molar-refractivity contribution in [1.29, 1.82) is 0 Å². The predicted molar refractivity (Wildman–Crippen MR) is 123 cm³/mol. The van der Waals surface area contributed by atoms with Gasteiger partial charge in [0.15, 0.2) is 5.96 Å². The van der Waals surface area contributed by atoms with Crippen LogP contribution < -0.4 is 15.4 Å². The van der Waals surface area contributed by atoms with Crippen molar-refractivity contribution in [1.82, 2.24) is 10.6 Å². The molecule has 0 saturated carbocycles. The molecule has 6 nitrogen and oxygen atoms in total.